The van der Waals surface area contributed by atoms with Gasteiger partial charge < -0.3 is 5.32 Å². The molecule has 1 atom stereocenters. The van der Waals surface area contributed by atoms with Crippen molar-refractivity contribution in [2.24, 2.45) is 0 Å². The van der Waals surface area contributed by atoms with Crippen LogP contribution in [0.25, 0.3) is 10.9 Å². The summed E-state index contributed by atoms with van der Waals surface area (Å²) in [4.78, 5) is 8.83. The number of para-hydroxylation sites is 1. The van der Waals surface area contributed by atoms with Crippen molar-refractivity contribution in [1.29, 1.82) is 0 Å². The second-order valence-electron chi connectivity index (χ2n) is 5.21. The zero-order valence-electron chi connectivity index (χ0n) is 12.4. The van der Waals surface area contributed by atoms with Crippen LogP contribution in [0.4, 0.5) is 0 Å². The van der Waals surface area contributed by atoms with E-state index in [0.29, 0.717) is 0 Å². The van der Waals surface area contributed by atoms with E-state index in [1.165, 1.54) is 16.5 Å². The standard InChI is InChI=1S/C18H19N3/c1-13-15(7-5-10-20-13)18(19-2)12-14-9-11-21-17-8-4-3-6-16(14)17/h3-11,18-19H,12H2,1-2H3. The average Bonchev–Trinajstić information content (AvgIpc) is 2.53. The zero-order valence-corrected chi connectivity index (χ0v) is 12.4. The fraction of sp³-hybridized carbons (Fsp3) is 0.222. The van der Waals surface area contributed by atoms with Crippen molar-refractivity contribution in [2.75, 3.05) is 7.05 Å². The highest BCUT2D eigenvalue weighted by molar-refractivity contribution is 5.81. The molecule has 0 bridgehead atoms. The first-order valence-electron chi connectivity index (χ1n) is 7.21. The molecule has 21 heavy (non-hydrogen) atoms. The lowest BCUT2D eigenvalue weighted by Crippen LogP contribution is -2.20. The molecule has 2 aromatic heterocycles. The summed E-state index contributed by atoms with van der Waals surface area (Å²) in [6.07, 6.45) is 4.65. The Morgan fingerprint density at radius 1 is 1.00 bits per heavy atom. The first-order chi connectivity index (χ1) is 10.3. The lowest BCUT2D eigenvalue weighted by Gasteiger charge is -2.19. The van der Waals surface area contributed by atoms with Crippen molar-refractivity contribution >= 4 is 10.9 Å². The smallest absolute Gasteiger partial charge is 0.0704 e. The molecule has 0 aliphatic heterocycles. The van der Waals surface area contributed by atoms with Crippen LogP contribution in [-0.4, -0.2) is 17.0 Å². The topological polar surface area (TPSA) is 37.8 Å². The van der Waals surface area contributed by atoms with E-state index in [1.54, 1.807) is 0 Å². The minimum absolute atomic E-state index is 0.254. The highest BCUT2D eigenvalue weighted by Gasteiger charge is 2.14. The Kier molecular flexibility index (Phi) is 3.93. The highest BCUT2D eigenvalue weighted by atomic mass is 14.9. The van der Waals surface area contributed by atoms with Crippen LogP contribution >= 0.6 is 0 Å². The van der Waals surface area contributed by atoms with Gasteiger partial charge in [-0.2, -0.15) is 0 Å². The average molecular weight is 277 g/mol. The number of nitrogens with one attached hydrogen (secondary N) is 1. The van der Waals surface area contributed by atoms with Gasteiger partial charge in [0.15, 0.2) is 0 Å². The van der Waals surface area contributed by atoms with Gasteiger partial charge in [-0.1, -0.05) is 24.3 Å². The van der Waals surface area contributed by atoms with E-state index in [1.807, 2.05) is 31.6 Å². The van der Waals surface area contributed by atoms with Crippen LogP contribution in [0.2, 0.25) is 0 Å². The molecule has 1 N–H and O–H groups in total. The molecule has 0 aliphatic carbocycles. The predicted molar refractivity (Wildman–Crippen MR) is 86.2 cm³/mol. The third-order valence-electron chi connectivity index (χ3n) is 3.94. The summed E-state index contributed by atoms with van der Waals surface area (Å²) in [5.74, 6) is 0. The summed E-state index contributed by atoms with van der Waals surface area (Å²) in [7, 11) is 2.00. The minimum atomic E-state index is 0.254. The molecule has 0 radical (unpaired) electrons. The molecule has 3 rings (SSSR count). The molecule has 106 valence electrons. The van der Waals surface area contributed by atoms with Crippen LogP contribution < -0.4 is 5.32 Å². The van der Waals surface area contributed by atoms with Gasteiger partial charge in [0, 0.05) is 29.5 Å². The van der Waals surface area contributed by atoms with E-state index in [4.69, 9.17) is 0 Å². The van der Waals surface area contributed by atoms with E-state index < -0.39 is 0 Å². The maximum Gasteiger partial charge on any atom is 0.0704 e. The number of benzene rings is 1. The number of aromatic nitrogens is 2. The van der Waals surface area contributed by atoms with Crippen LogP contribution in [0.3, 0.4) is 0 Å². The van der Waals surface area contributed by atoms with Gasteiger partial charge in [0.05, 0.1) is 5.52 Å². The molecular formula is C18H19N3. The maximum atomic E-state index is 4.43. The Labute approximate surface area is 125 Å². The molecule has 0 saturated heterocycles. The van der Waals surface area contributed by atoms with E-state index in [-0.39, 0.29) is 6.04 Å². The predicted octanol–water partition coefficient (Wildman–Crippen LogP) is 3.44. The Hall–Kier alpha value is -2.26. The first kappa shape index (κ1) is 13.7. The van der Waals surface area contributed by atoms with Gasteiger partial charge >= 0.3 is 0 Å². The van der Waals surface area contributed by atoms with Crippen LogP contribution in [0.15, 0.2) is 54.9 Å². The summed E-state index contributed by atoms with van der Waals surface area (Å²) in [6.45, 7) is 2.06. The van der Waals surface area contributed by atoms with Crippen LogP contribution in [0, 0.1) is 6.92 Å². The first-order valence-corrected chi connectivity index (χ1v) is 7.21. The number of pyridine rings is 2. The third-order valence-corrected chi connectivity index (χ3v) is 3.94. The molecule has 1 unspecified atom stereocenters. The van der Waals surface area contributed by atoms with Crippen molar-refractivity contribution in [3.05, 3.63) is 71.7 Å². The molecule has 3 aromatic rings. The lowest BCUT2D eigenvalue weighted by atomic mass is 9.96. The molecular weight excluding hydrogens is 258 g/mol. The number of hydrogen-bond donors (Lipinski definition) is 1. The van der Waals surface area contributed by atoms with Gasteiger partial charge in [0.1, 0.15) is 0 Å². The van der Waals surface area contributed by atoms with Crippen LogP contribution in [-0.2, 0) is 6.42 Å². The van der Waals surface area contributed by atoms with Crippen molar-refractivity contribution in [3.8, 4) is 0 Å². The van der Waals surface area contributed by atoms with Crippen molar-refractivity contribution in [3.63, 3.8) is 0 Å². The van der Waals surface area contributed by atoms with Gasteiger partial charge in [-0.05, 0) is 49.7 Å². The second-order valence-corrected chi connectivity index (χ2v) is 5.21. The van der Waals surface area contributed by atoms with E-state index in [9.17, 15) is 0 Å². The SMILES string of the molecule is CNC(Cc1ccnc2ccccc12)c1cccnc1C. The third kappa shape index (κ3) is 2.78. The lowest BCUT2D eigenvalue weighted by molar-refractivity contribution is 0.587. The second kappa shape index (κ2) is 6.02. The number of fused-ring (bicyclic) bond motifs is 1. The molecule has 2 heterocycles. The number of aryl methyl sites for hydroxylation is 1. The van der Waals surface area contributed by atoms with Crippen LogP contribution in [0.5, 0.6) is 0 Å². The largest absolute Gasteiger partial charge is 0.313 e. The molecule has 0 amide bonds. The summed E-state index contributed by atoms with van der Waals surface area (Å²) in [6, 6.07) is 14.8. The molecule has 0 saturated carbocycles. The summed E-state index contributed by atoms with van der Waals surface area (Å²) in [5, 5.41) is 4.64. The Bertz CT molecular complexity index is 747. The number of likely N-dealkylation sites (N-methyl/N-ethyl adjacent to an activating group) is 1. The van der Waals surface area contributed by atoms with Crippen molar-refractivity contribution < 1.29 is 0 Å². The molecule has 3 heteroatoms. The monoisotopic (exact) mass is 277 g/mol. The number of hydrogen-bond acceptors (Lipinski definition) is 3. The Morgan fingerprint density at radius 2 is 1.86 bits per heavy atom. The summed E-state index contributed by atoms with van der Waals surface area (Å²) >= 11 is 0. The molecule has 1 aromatic carbocycles. The zero-order chi connectivity index (χ0) is 14.7. The van der Waals surface area contributed by atoms with Gasteiger partial charge in [-0.3, -0.25) is 9.97 Å². The van der Waals surface area contributed by atoms with E-state index in [0.717, 1.165) is 17.6 Å². The van der Waals surface area contributed by atoms with Crippen molar-refractivity contribution in [2.45, 2.75) is 19.4 Å². The minimum Gasteiger partial charge on any atom is -0.313 e. The normalized spacial score (nSPS) is 12.5. The summed E-state index contributed by atoms with van der Waals surface area (Å²) in [5.41, 5.74) is 4.69. The van der Waals surface area contributed by atoms with E-state index >= 15 is 0 Å². The molecule has 0 spiro atoms. The van der Waals surface area contributed by atoms with Crippen molar-refractivity contribution in [1.82, 2.24) is 15.3 Å². The van der Waals surface area contributed by atoms with Gasteiger partial charge in [-0.15, -0.1) is 0 Å². The Morgan fingerprint density at radius 3 is 2.67 bits per heavy atom. The highest BCUT2D eigenvalue weighted by Crippen LogP contribution is 2.24. The van der Waals surface area contributed by atoms with Gasteiger partial charge in [0.25, 0.3) is 0 Å². The molecule has 3 nitrogen and oxygen atoms in total. The molecule has 0 fully saturated rings. The molecule has 0 aliphatic rings. The quantitative estimate of drug-likeness (QED) is 0.794. The maximum absolute atomic E-state index is 4.43. The van der Waals surface area contributed by atoms with Gasteiger partial charge in [-0.25, -0.2) is 0 Å². The summed E-state index contributed by atoms with van der Waals surface area (Å²) < 4.78 is 0. The number of rotatable bonds is 4. The van der Waals surface area contributed by atoms with E-state index in [2.05, 4.69) is 52.5 Å². The Balaban J connectivity index is 1.98. The fourth-order valence-corrected chi connectivity index (χ4v) is 2.79. The number of nitrogens with zero attached hydrogens (tertiary/aromatic N) is 2. The van der Waals surface area contributed by atoms with Crippen LogP contribution in [0.1, 0.15) is 22.9 Å². The van der Waals surface area contributed by atoms with Gasteiger partial charge in [0.2, 0.25) is 0 Å². The fourth-order valence-electron chi connectivity index (χ4n) is 2.79.